The number of carbonyl (C=O) groups excluding carboxylic acids is 2. The molecule has 6 nitrogen and oxygen atoms in total. The molecule has 3 atom stereocenters. The smallest absolute Gasteiger partial charge is 0.231 e. The molecule has 1 aromatic carbocycles. The molecule has 2 N–H and O–H groups in total. The Kier molecular flexibility index (Phi) is 3.87. The van der Waals surface area contributed by atoms with Crippen LogP contribution in [0.15, 0.2) is 29.5 Å². The summed E-state index contributed by atoms with van der Waals surface area (Å²) < 4.78 is 10.7. The van der Waals surface area contributed by atoms with E-state index in [0.717, 1.165) is 0 Å². The van der Waals surface area contributed by atoms with Crippen LogP contribution in [0.1, 0.15) is 38.7 Å². The molecule has 0 saturated carbocycles. The molecule has 3 rings (SSSR count). The van der Waals surface area contributed by atoms with E-state index in [2.05, 4.69) is 0 Å². The third-order valence-corrected chi connectivity index (χ3v) is 4.72. The van der Waals surface area contributed by atoms with Crippen LogP contribution in [0.4, 0.5) is 0 Å². The summed E-state index contributed by atoms with van der Waals surface area (Å²) in [6, 6.07) is 5.12. The van der Waals surface area contributed by atoms with Crippen LogP contribution in [-0.4, -0.2) is 34.2 Å². The number of rotatable bonds is 3. The minimum atomic E-state index is -1.45. The lowest BCUT2D eigenvalue weighted by molar-refractivity contribution is -0.132. The standard InChI is InChI=1S/C18H20O6/c1-9(19)15-12(21)7-18(3,22)17(10(2)20)16(15)11-4-5-13-14(6-11)24-8-23-13/h4-6,16-17,21-22H,7-8H2,1-3H3/t16-,17-,18-/m0/s1. The number of fused-ring (bicyclic) bond motifs is 1. The highest BCUT2D eigenvalue weighted by atomic mass is 16.7. The summed E-state index contributed by atoms with van der Waals surface area (Å²) in [5.41, 5.74) is -0.660. The van der Waals surface area contributed by atoms with E-state index in [9.17, 15) is 19.8 Å². The number of hydrogen-bond donors (Lipinski definition) is 2. The summed E-state index contributed by atoms with van der Waals surface area (Å²) in [5, 5.41) is 21.0. The number of ketones is 2. The summed E-state index contributed by atoms with van der Waals surface area (Å²) in [6.45, 7) is 4.35. The first-order valence-electron chi connectivity index (χ1n) is 7.77. The molecule has 1 aliphatic heterocycles. The van der Waals surface area contributed by atoms with E-state index >= 15 is 0 Å². The molecule has 0 spiro atoms. The van der Waals surface area contributed by atoms with Gasteiger partial charge in [0.2, 0.25) is 6.79 Å². The van der Waals surface area contributed by atoms with Crippen molar-refractivity contribution in [2.24, 2.45) is 5.92 Å². The molecular weight excluding hydrogens is 312 g/mol. The van der Waals surface area contributed by atoms with Crippen molar-refractivity contribution in [2.75, 3.05) is 6.79 Å². The van der Waals surface area contributed by atoms with Crippen molar-refractivity contribution in [3.63, 3.8) is 0 Å². The van der Waals surface area contributed by atoms with E-state index in [4.69, 9.17) is 9.47 Å². The lowest BCUT2D eigenvalue weighted by Gasteiger charge is -2.42. The van der Waals surface area contributed by atoms with Gasteiger partial charge in [0.05, 0.1) is 11.5 Å². The molecule has 0 aromatic heterocycles. The Morgan fingerprint density at radius 2 is 1.88 bits per heavy atom. The summed E-state index contributed by atoms with van der Waals surface area (Å²) in [5.74, 6) is -1.22. The number of Topliss-reactive ketones (excluding diaryl/α,β-unsaturated/α-hetero) is 2. The van der Waals surface area contributed by atoms with Crippen molar-refractivity contribution >= 4 is 11.6 Å². The van der Waals surface area contributed by atoms with Crippen LogP contribution in [-0.2, 0) is 9.59 Å². The van der Waals surface area contributed by atoms with Gasteiger partial charge >= 0.3 is 0 Å². The number of aliphatic hydroxyl groups is 2. The van der Waals surface area contributed by atoms with Gasteiger partial charge in [0, 0.05) is 17.9 Å². The molecule has 6 heteroatoms. The largest absolute Gasteiger partial charge is 0.512 e. The maximum Gasteiger partial charge on any atom is 0.231 e. The molecule has 1 aromatic rings. The molecule has 0 unspecified atom stereocenters. The molecule has 0 bridgehead atoms. The number of allylic oxidation sites excluding steroid dienone is 1. The van der Waals surface area contributed by atoms with Crippen LogP contribution in [0.25, 0.3) is 0 Å². The lowest BCUT2D eigenvalue weighted by Crippen LogP contribution is -2.47. The minimum absolute atomic E-state index is 0.109. The van der Waals surface area contributed by atoms with Gasteiger partial charge in [-0.1, -0.05) is 6.07 Å². The normalized spacial score (nSPS) is 28.8. The lowest BCUT2D eigenvalue weighted by atomic mass is 9.64. The van der Waals surface area contributed by atoms with E-state index in [0.29, 0.717) is 17.1 Å². The average Bonchev–Trinajstić information content (AvgIpc) is 2.91. The zero-order valence-electron chi connectivity index (χ0n) is 13.8. The molecule has 2 aliphatic rings. The fraction of sp³-hybridized carbons (Fsp3) is 0.444. The van der Waals surface area contributed by atoms with E-state index < -0.39 is 17.4 Å². The summed E-state index contributed by atoms with van der Waals surface area (Å²) in [4.78, 5) is 24.4. The van der Waals surface area contributed by atoms with Gasteiger partial charge in [0.25, 0.3) is 0 Å². The molecule has 128 valence electrons. The molecule has 1 heterocycles. The molecule has 1 aliphatic carbocycles. The van der Waals surface area contributed by atoms with Gasteiger partial charge in [-0.15, -0.1) is 0 Å². The van der Waals surface area contributed by atoms with E-state index in [-0.39, 0.29) is 36.1 Å². The van der Waals surface area contributed by atoms with E-state index in [1.54, 1.807) is 18.2 Å². The molecule has 0 fully saturated rings. The third-order valence-electron chi connectivity index (χ3n) is 4.72. The van der Waals surface area contributed by atoms with Crippen LogP contribution in [0.3, 0.4) is 0 Å². The number of carbonyl (C=O) groups is 2. The highest BCUT2D eigenvalue weighted by Crippen LogP contribution is 2.48. The van der Waals surface area contributed by atoms with Crippen molar-refractivity contribution in [3.8, 4) is 11.5 Å². The highest BCUT2D eigenvalue weighted by molar-refractivity contribution is 5.97. The van der Waals surface area contributed by atoms with Crippen LogP contribution >= 0.6 is 0 Å². The SMILES string of the molecule is CC(=O)C1=C(O)C[C@](C)(O)[C@@H](C(C)=O)[C@H]1c1ccc2c(c1)OCO2. The molecule has 24 heavy (non-hydrogen) atoms. The molecule has 0 amide bonds. The Balaban J connectivity index is 2.20. The predicted octanol–water partition coefficient (Wildman–Crippen LogP) is 2.26. The first-order valence-corrected chi connectivity index (χ1v) is 7.77. The van der Waals surface area contributed by atoms with E-state index in [1.807, 2.05) is 0 Å². The van der Waals surface area contributed by atoms with Crippen molar-refractivity contribution in [2.45, 2.75) is 38.7 Å². The second-order valence-corrected chi connectivity index (χ2v) is 6.63. The zero-order valence-corrected chi connectivity index (χ0v) is 13.8. The fourth-order valence-corrected chi connectivity index (χ4v) is 3.81. The molecule has 0 radical (unpaired) electrons. The Hall–Kier alpha value is -2.34. The van der Waals surface area contributed by atoms with Crippen LogP contribution in [0.2, 0.25) is 0 Å². The monoisotopic (exact) mass is 332 g/mol. The Morgan fingerprint density at radius 3 is 2.50 bits per heavy atom. The van der Waals surface area contributed by atoms with Crippen molar-refractivity contribution in [1.29, 1.82) is 0 Å². The van der Waals surface area contributed by atoms with Crippen LogP contribution in [0.5, 0.6) is 11.5 Å². The predicted molar refractivity (Wildman–Crippen MR) is 85.1 cm³/mol. The number of aliphatic hydroxyl groups excluding tert-OH is 1. The Morgan fingerprint density at radius 1 is 1.21 bits per heavy atom. The highest BCUT2D eigenvalue weighted by Gasteiger charge is 2.49. The van der Waals surface area contributed by atoms with Crippen molar-refractivity contribution < 1.29 is 29.3 Å². The maximum atomic E-state index is 12.3. The minimum Gasteiger partial charge on any atom is -0.512 e. The van der Waals surface area contributed by atoms with Gasteiger partial charge < -0.3 is 19.7 Å². The third kappa shape index (κ3) is 2.57. The van der Waals surface area contributed by atoms with Crippen molar-refractivity contribution in [1.82, 2.24) is 0 Å². The zero-order chi connectivity index (χ0) is 17.6. The van der Waals surface area contributed by atoms with Crippen LogP contribution in [0, 0.1) is 5.92 Å². The number of ether oxygens (including phenoxy) is 2. The number of benzene rings is 1. The summed E-state index contributed by atoms with van der Waals surface area (Å²) in [6.07, 6.45) is -0.132. The first-order chi connectivity index (χ1) is 11.2. The van der Waals surface area contributed by atoms with Crippen molar-refractivity contribution in [3.05, 3.63) is 35.1 Å². The second kappa shape index (κ2) is 5.63. The molecular formula is C18H20O6. The molecule has 0 saturated heterocycles. The topological polar surface area (TPSA) is 93.1 Å². The maximum absolute atomic E-state index is 12.3. The number of hydrogen-bond acceptors (Lipinski definition) is 6. The van der Waals surface area contributed by atoms with Gasteiger partial charge in [-0.3, -0.25) is 9.59 Å². The second-order valence-electron chi connectivity index (χ2n) is 6.63. The van der Waals surface area contributed by atoms with Gasteiger partial charge in [0.1, 0.15) is 11.5 Å². The first kappa shape index (κ1) is 16.5. The van der Waals surface area contributed by atoms with Gasteiger partial charge in [-0.25, -0.2) is 0 Å². The fourth-order valence-electron chi connectivity index (χ4n) is 3.81. The van der Waals surface area contributed by atoms with Gasteiger partial charge in [-0.05, 0) is 38.5 Å². The average molecular weight is 332 g/mol. The van der Waals surface area contributed by atoms with Crippen LogP contribution < -0.4 is 9.47 Å². The quantitative estimate of drug-likeness (QED) is 0.882. The summed E-state index contributed by atoms with van der Waals surface area (Å²) >= 11 is 0. The van der Waals surface area contributed by atoms with Gasteiger partial charge in [0.15, 0.2) is 17.3 Å². The van der Waals surface area contributed by atoms with Gasteiger partial charge in [-0.2, -0.15) is 0 Å². The summed E-state index contributed by atoms with van der Waals surface area (Å²) in [7, 11) is 0. The van der Waals surface area contributed by atoms with E-state index in [1.165, 1.54) is 20.8 Å². The Bertz CT molecular complexity index is 746. The Labute approximate surface area is 139 Å².